The van der Waals surface area contributed by atoms with E-state index in [1.165, 1.54) is 34.3 Å². The molecule has 0 bridgehead atoms. The number of hydrogen-bond acceptors (Lipinski definition) is 4. The van der Waals surface area contributed by atoms with Gasteiger partial charge in [0.2, 0.25) is 0 Å². The largest absolute Gasteiger partial charge is 0.459 e. The normalized spacial score (nSPS) is 10.7. The number of furan rings is 1. The van der Waals surface area contributed by atoms with Crippen molar-refractivity contribution in [2.24, 2.45) is 0 Å². The lowest BCUT2D eigenvalue weighted by Gasteiger charge is -2.07. The molecule has 0 radical (unpaired) electrons. The number of carbonyl (C=O) groups excluding carboxylic acids is 1. The van der Waals surface area contributed by atoms with Crippen molar-refractivity contribution in [2.75, 3.05) is 5.32 Å². The monoisotopic (exact) mass is 312 g/mol. The molecule has 0 aliphatic carbocycles. The minimum atomic E-state index is -0.289. The molecule has 3 aromatic rings. The van der Waals surface area contributed by atoms with Crippen LogP contribution in [0.1, 0.15) is 27.2 Å². The molecule has 0 aliphatic rings. The molecule has 1 aromatic carbocycles. The number of aryl methyl sites for hydroxylation is 3. The summed E-state index contributed by atoms with van der Waals surface area (Å²) in [5.41, 5.74) is 5.65. The van der Waals surface area contributed by atoms with E-state index >= 15 is 0 Å². The predicted molar refractivity (Wildman–Crippen MR) is 88.4 cm³/mol. The zero-order valence-corrected chi connectivity index (χ0v) is 13.5. The van der Waals surface area contributed by atoms with Crippen molar-refractivity contribution < 1.29 is 9.21 Å². The summed E-state index contributed by atoms with van der Waals surface area (Å²) in [5, 5.41) is 5.27. The molecule has 5 heteroatoms. The fourth-order valence-electron chi connectivity index (χ4n) is 2.26. The first-order valence-corrected chi connectivity index (χ1v) is 7.81. The van der Waals surface area contributed by atoms with E-state index in [0.717, 1.165) is 11.3 Å². The number of aromatic nitrogens is 1. The molecule has 3 rings (SSSR count). The quantitative estimate of drug-likeness (QED) is 0.770. The first-order valence-electron chi connectivity index (χ1n) is 6.93. The number of amides is 1. The van der Waals surface area contributed by atoms with Crippen molar-refractivity contribution >= 4 is 22.4 Å². The highest BCUT2D eigenvalue weighted by Crippen LogP contribution is 2.29. The van der Waals surface area contributed by atoms with Crippen LogP contribution in [0, 0.1) is 20.8 Å². The summed E-state index contributed by atoms with van der Waals surface area (Å²) in [7, 11) is 0. The third kappa shape index (κ3) is 2.80. The van der Waals surface area contributed by atoms with Gasteiger partial charge in [-0.2, -0.15) is 0 Å². The van der Waals surface area contributed by atoms with Crippen LogP contribution in [0.2, 0.25) is 0 Å². The summed E-state index contributed by atoms with van der Waals surface area (Å²) in [4.78, 5) is 16.5. The van der Waals surface area contributed by atoms with Gasteiger partial charge in [-0.1, -0.05) is 6.07 Å². The minimum Gasteiger partial charge on any atom is -0.459 e. The van der Waals surface area contributed by atoms with Crippen LogP contribution in [0.3, 0.4) is 0 Å². The van der Waals surface area contributed by atoms with Crippen LogP contribution in [-0.2, 0) is 0 Å². The Hall–Kier alpha value is -2.40. The van der Waals surface area contributed by atoms with Gasteiger partial charge in [0.25, 0.3) is 5.91 Å². The zero-order valence-electron chi connectivity index (χ0n) is 12.6. The van der Waals surface area contributed by atoms with Gasteiger partial charge >= 0.3 is 0 Å². The number of thiazole rings is 1. The van der Waals surface area contributed by atoms with Gasteiger partial charge in [-0.05, 0) is 55.7 Å². The van der Waals surface area contributed by atoms with Crippen molar-refractivity contribution in [1.29, 1.82) is 0 Å². The van der Waals surface area contributed by atoms with Gasteiger partial charge in [-0.3, -0.25) is 10.1 Å². The SMILES string of the molecule is Cc1cc(C)c(-c2csc(NC(=O)c3ccco3)n2)cc1C. The molecular weight excluding hydrogens is 296 g/mol. The van der Waals surface area contributed by atoms with Crippen molar-refractivity contribution in [3.8, 4) is 11.3 Å². The first-order chi connectivity index (χ1) is 10.5. The van der Waals surface area contributed by atoms with Crippen molar-refractivity contribution in [3.05, 3.63) is 58.4 Å². The van der Waals surface area contributed by atoms with Gasteiger partial charge in [0.1, 0.15) is 0 Å². The lowest BCUT2D eigenvalue weighted by atomic mass is 9.99. The maximum absolute atomic E-state index is 11.9. The molecule has 22 heavy (non-hydrogen) atoms. The third-order valence-corrected chi connectivity index (χ3v) is 4.34. The van der Waals surface area contributed by atoms with E-state index in [2.05, 4.69) is 43.2 Å². The lowest BCUT2D eigenvalue weighted by Crippen LogP contribution is -2.10. The summed E-state index contributed by atoms with van der Waals surface area (Å²) >= 11 is 1.40. The molecule has 112 valence electrons. The summed E-state index contributed by atoms with van der Waals surface area (Å²) in [6.07, 6.45) is 1.47. The molecular formula is C17H16N2O2S. The van der Waals surface area contributed by atoms with Crippen LogP contribution in [0.25, 0.3) is 11.3 Å². The Kier molecular flexibility index (Phi) is 3.81. The van der Waals surface area contributed by atoms with Gasteiger partial charge in [0.15, 0.2) is 10.9 Å². The van der Waals surface area contributed by atoms with Crippen LogP contribution < -0.4 is 5.32 Å². The van der Waals surface area contributed by atoms with Crippen molar-refractivity contribution in [2.45, 2.75) is 20.8 Å². The average Bonchev–Trinajstić information content (AvgIpc) is 3.14. The molecule has 4 nitrogen and oxygen atoms in total. The molecule has 0 spiro atoms. The van der Waals surface area contributed by atoms with Crippen molar-refractivity contribution in [1.82, 2.24) is 4.98 Å². The van der Waals surface area contributed by atoms with E-state index in [1.807, 2.05) is 5.38 Å². The molecule has 2 heterocycles. The molecule has 0 saturated carbocycles. The number of carbonyl (C=O) groups is 1. The fraction of sp³-hybridized carbons (Fsp3) is 0.176. The number of anilines is 1. The summed E-state index contributed by atoms with van der Waals surface area (Å²) in [6, 6.07) is 7.60. The number of nitrogens with zero attached hydrogens (tertiary/aromatic N) is 1. The Bertz CT molecular complexity index is 819. The maximum atomic E-state index is 11.9. The second kappa shape index (κ2) is 5.77. The summed E-state index contributed by atoms with van der Waals surface area (Å²) in [6.45, 7) is 6.26. The average molecular weight is 312 g/mol. The minimum absolute atomic E-state index is 0.277. The molecule has 0 atom stereocenters. The Morgan fingerprint density at radius 2 is 1.95 bits per heavy atom. The number of hydrogen-bond donors (Lipinski definition) is 1. The molecule has 0 aliphatic heterocycles. The van der Waals surface area contributed by atoms with E-state index in [1.54, 1.807) is 12.1 Å². The Morgan fingerprint density at radius 3 is 2.68 bits per heavy atom. The fourth-order valence-corrected chi connectivity index (χ4v) is 2.96. The highest BCUT2D eigenvalue weighted by Gasteiger charge is 2.13. The summed E-state index contributed by atoms with van der Waals surface area (Å²) in [5.74, 6) is -0.0122. The van der Waals surface area contributed by atoms with Gasteiger partial charge in [-0.15, -0.1) is 11.3 Å². The standard InChI is InChI=1S/C17H16N2O2S/c1-10-7-12(3)13(8-11(10)2)14-9-22-17(18-14)19-16(20)15-5-4-6-21-15/h4-9H,1-3H3,(H,18,19,20). The number of benzene rings is 1. The maximum Gasteiger partial charge on any atom is 0.293 e. The Balaban J connectivity index is 1.85. The van der Waals surface area contributed by atoms with Gasteiger partial charge < -0.3 is 4.42 Å². The van der Waals surface area contributed by atoms with Crippen LogP contribution in [-0.4, -0.2) is 10.9 Å². The smallest absolute Gasteiger partial charge is 0.293 e. The topological polar surface area (TPSA) is 55.1 Å². The van der Waals surface area contributed by atoms with Gasteiger partial charge in [-0.25, -0.2) is 4.98 Å². The Morgan fingerprint density at radius 1 is 1.18 bits per heavy atom. The Labute approximate surface area is 132 Å². The second-order valence-electron chi connectivity index (χ2n) is 5.22. The van der Waals surface area contributed by atoms with Crippen LogP contribution in [0.4, 0.5) is 5.13 Å². The number of rotatable bonds is 3. The van der Waals surface area contributed by atoms with Crippen molar-refractivity contribution in [3.63, 3.8) is 0 Å². The van der Waals surface area contributed by atoms with Gasteiger partial charge in [0, 0.05) is 10.9 Å². The molecule has 0 unspecified atom stereocenters. The van der Waals surface area contributed by atoms with Crippen LogP contribution >= 0.6 is 11.3 Å². The van der Waals surface area contributed by atoms with Crippen LogP contribution in [0.5, 0.6) is 0 Å². The predicted octanol–water partition coefficient (Wildman–Crippen LogP) is 4.58. The molecule has 0 fully saturated rings. The van der Waals surface area contributed by atoms with Crippen LogP contribution in [0.15, 0.2) is 40.3 Å². The number of nitrogens with one attached hydrogen (secondary N) is 1. The van der Waals surface area contributed by atoms with E-state index in [0.29, 0.717) is 5.13 Å². The van der Waals surface area contributed by atoms with E-state index in [-0.39, 0.29) is 11.7 Å². The lowest BCUT2D eigenvalue weighted by molar-refractivity contribution is 0.0996. The molecule has 0 saturated heterocycles. The summed E-state index contributed by atoms with van der Waals surface area (Å²) < 4.78 is 5.07. The van der Waals surface area contributed by atoms with E-state index in [4.69, 9.17) is 4.42 Å². The first kappa shape index (κ1) is 14.5. The highest BCUT2D eigenvalue weighted by molar-refractivity contribution is 7.14. The highest BCUT2D eigenvalue weighted by atomic mass is 32.1. The third-order valence-electron chi connectivity index (χ3n) is 3.59. The molecule has 1 N–H and O–H groups in total. The molecule has 1 amide bonds. The van der Waals surface area contributed by atoms with E-state index < -0.39 is 0 Å². The van der Waals surface area contributed by atoms with Gasteiger partial charge in [0.05, 0.1) is 12.0 Å². The molecule has 2 aromatic heterocycles. The van der Waals surface area contributed by atoms with E-state index in [9.17, 15) is 4.79 Å². The zero-order chi connectivity index (χ0) is 15.7. The second-order valence-corrected chi connectivity index (χ2v) is 6.08.